The van der Waals surface area contributed by atoms with Crippen molar-refractivity contribution in [1.29, 1.82) is 0 Å². The zero-order chi connectivity index (χ0) is 21.7. The minimum absolute atomic E-state index is 0.122. The van der Waals surface area contributed by atoms with Gasteiger partial charge in [-0.3, -0.25) is 14.5 Å². The molecule has 2 aromatic rings. The monoisotopic (exact) mass is 491 g/mol. The van der Waals surface area contributed by atoms with Gasteiger partial charge < -0.3 is 14.6 Å². The van der Waals surface area contributed by atoms with E-state index in [1.54, 1.807) is 18.2 Å². The second kappa shape index (κ2) is 9.82. The number of carboxylic acid groups (broad SMARTS) is 1. The molecule has 1 saturated heterocycles. The minimum atomic E-state index is -1.11. The number of rotatable bonds is 8. The molecule has 30 heavy (non-hydrogen) atoms. The Morgan fingerprint density at radius 3 is 2.60 bits per heavy atom. The predicted octanol–water partition coefficient (Wildman–Crippen LogP) is 4.34. The Kier molecular flexibility index (Phi) is 7.17. The summed E-state index contributed by atoms with van der Waals surface area (Å²) in [7, 11) is 0. The predicted molar refractivity (Wildman–Crippen MR) is 117 cm³/mol. The maximum atomic E-state index is 12.7. The third-order valence-electron chi connectivity index (χ3n) is 4.09. The minimum Gasteiger partial charge on any atom is -0.492 e. The summed E-state index contributed by atoms with van der Waals surface area (Å²) < 4.78 is 11.6. The Morgan fingerprint density at radius 2 is 1.90 bits per heavy atom. The second-order valence-electron chi connectivity index (χ2n) is 6.36. The number of carboxylic acids is 1. The molecule has 0 atom stereocenters. The number of aryl methyl sites for hydroxylation is 1. The number of amides is 2. The molecule has 156 valence electrons. The highest BCUT2D eigenvalue weighted by Crippen LogP contribution is 2.34. The third-order valence-corrected chi connectivity index (χ3v) is 5.49. The van der Waals surface area contributed by atoms with Crippen LogP contribution in [-0.2, 0) is 9.59 Å². The molecule has 7 nitrogen and oxygen atoms in total. The second-order valence-corrected chi connectivity index (χ2v) is 8.27. The van der Waals surface area contributed by atoms with Crippen molar-refractivity contribution in [2.75, 3.05) is 19.8 Å². The number of carbonyl (C=O) groups excluding carboxylic acids is 2. The van der Waals surface area contributed by atoms with Gasteiger partial charge in [-0.2, -0.15) is 0 Å². The Labute approximate surface area is 185 Å². The molecule has 9 heteroatoms. The molecular weight excluding hydrogens is 474 g/mol. The zero-order valence-corrected chi connectivity index (χ0v) is 18.4. The lowest BCUT2D eigenvalue weighted by Gasteiger charge is -2.13. The van der Waals surface area contributed by atoms with Crippen LogP contribution in [0.3, 0.4) is 0 Å². The van der Waals surface area contributed by atoms with E-state index < -0.39 is 18.5 Å². The molecule has 0 saturated carbocycles. The summed E-state index contributed by atoms with van der Waals surface area (Å²) in [6, 6.07) is 12.5. The van der Waals surface area contributed by atoms with Gasteiger partial charge >= 0.3 is 5.97 Å². The molecule has 2 aromatic carbocycles. The summed E-state index contributed by atoms with van der Waals surface area (Å²) in [4.78, 5) is 37.1. The van der Waals surface area contributed by atoms with Crippen LogP contribution in [0, 0.1) is 6.92 Å². The van der Waals surface area contributed by atoms with Crippen molar-refractivity contribution < 1.29 is 29.0 Å². The van der Waals surface area contributed by atoms with E-state index >= 15 is 0 Å². The van der Waals surface area contributed by atoms with Gasteiger partial charge in [-0.1, -0.05) is 33.6 Å². The van der Waals surface area contributed by atoms with Gasteiger partial charge in [0.2, 0.25) is 0 Å². The van der Waals surface area contributed by atoms with Crippen LogP contribution in [0.2, 0.25) is 0 Å². The number of carbonyl (C=O) groups is 3. The van der Waals surface area contributed by atoms with Crippen LogP contribution in [0.25, 0.3) is 6.08 Å². The highest BCUT2D eigenvalue weighted by atomic mass is 79.9. The Balaban J connectivity index is 1.69. The van der Waals surface area contributed by atoms with Crippen molar-refractivity contribution in [2.45, 2.75) is 6.92 Å². The number of halogens is 1. The summed E-state index contributed by atoms with van der Waals surface area (Å²) in [6.07, 6.45) is 1.52. The lowest BCUT2D eigenvalue weighted by atomic mass is 10.2. The molecule has 1 N–H and O–H groups in total. The standard InChI is InChI=1S/C21H18BrNO6S/c1-13-2-5-16(6-3-13)28-9-8-23-20(26)18(30-21(23)27)11-14-10-15(22)4-7-17(14)29-12-19(24)25/h2-7,10-11H,8-9,12H2,1H3,(H,24,25)/b18-11-. The van der Waals surface area contributed by atoms with Crippen molar-refractivity contribution in [2.24, 2.45) is 0 Å². The van der Waals surface area contributed by atoms with Gasteiger partial charge in [-0.25, -0.2) is 4.79 Å². The SMILES string of the molecule is Cc1ccc(OCCN2C(=O)S/C(=C\c3cc(Br)ccc3OCC(=O)O)C2=O)cc1. The normalized spacial score (nSPS) is 15.0. The Hall–Kier alpha value is -2.78. The fourth-order valence-corrected chi connectivity index (χ4v) is 3.86. The number of nitrogens with zero attached hydrogens (tertiary/aromatic N) is 1. The summed E-state index contributed by atoms with van der Waals surface area (Å²) in [5.74, 6) is -0.577. The van der Waals surface area contributed by atoms with Crippen LogP contribution in [0.4, 0.5) is 4.79 Å². The molecule has 1 heterocycles. The molecule has 0 aromatic heterocycles. The molecule has 3 rings (SSSR count). The maximum absolute atomic E-state index is 12.7. The number of ether oxygens (including phenoxy) is 2. The van der Waals surface area contributed by atoms with Crippen molar-refractivity contribution in [3.63, 3.8) is 0 Å². The number of aliphatic carboxylic acids is 1. The summed E-state index contributed by atoms with van der Waals surface area (Å²) >= 11 is 4.16. The van der Waals surface area contributed by atoms with Crippen molar-refractivity contribution >= 4 is 50.9 Å². The first kappa shape index (κ1) is 21.9. The van der Waals surface area contributed by atoms with Gasteiger partial charge in [-0.05, 0) is 55.1 Å². The van der Waals surface area contributed by atoms with Crippen LogP contribution in [-0.4, -0.2) is 46.9 Å². The first-order chi connectivity index (χ1) is 14.3. The van der Waals surface area contributed by atoms with Gasteiger partial charge in [-0.15, -0.1) is 0 Å². The first-order valence-electron chi connectivity index (χ1n) is 8.92. The van der Waals surface area contributed by atoms with Gasteiger partial charge in [0.15, 0.2) is 6.61 Å². The van der Waals surface area contributed by atoms with E-state index in [1.165, 1.54) is 6.08 Å². The lowest BCUT2D eigenvalue weighted by Crippen LogP contribution is -2.32. The first-order valence-corrected chi connectivity index (χ1v) is 10.5. The molecule has 0 spiro atoms. The smallest absolute Gasteiger partial charge is 0.341 e. The summed E-state index contributed by atoms with van der Waals surface area (Å²) in [5, 5.41) is 8.44. The van der Waals surface area contributed by atoms with Gasteiger partial charge in [0, 0.05) is 10.0 Å². The molecule has 0 unspecified atom stereocenters. The summed E-state index contributed by atoms with van der Waals surface area (Å²) in [5.41, 5.74) is 1.60. The average molecular weight is 492 g/mol. The van der Waals surface area contributed by atoms with Gasteiger partial charge in [0.1, 0.15) is 18.1 Å². The van der Waals surface area contributed by atoms with Crippen molar-refractivity contribution in [3.8, 4) is 11.5 Å². The average Bonchev–Trinajstić information content (AvgIpc) is 2.96. The quantitative estimate of drug-likeness (QED) is 0.549. The number of benzene rings is 2. The molecule has 1 fully saturated rings. The summed E-state index contributed by atoms with van der Waals surface area (Å²) in [6.45, 7) is 1.76. The topological polar surface area (TPSA) is 93.1 Å². The van der Waals surface area contributed by atoms with Crippen LogP contribution in [0.15, 0.2) is 51.8 Å². The number of imide groups is 1. The zero-order valence-electron chi connectivity index (χ0n) is 16.0. The molecular formula is C21H18BrNO6S. The van der Waals surface area contributed by atoms with E-state index in [2.05, 4.69) is 15.9 Å². The van der Waals surface area contributed by atoms with Crippen molar-refractivity contribution in [3.05, 3.63) is 63.0 Å². The maximum Gasteiger partial charge on any atom is 0.341 e. The van der Waals surface area contributed by atoms with E-state index in [4.69, 9.17) is 14.6 Å². The van der Waals surface area contributed by atoms with Crippen LogP contribution < -0.4 is 9.47 Å². The molecule has 0 aliphatic carbocycles. The third kappa shape index (κ3) is 5.64. The van der Waals surface area contributed by atoms with Crippen LogP contribution in [0.1, 0.15) is 11.1 Å². The van der Waals surface area contributed by atoms with Gasteiger partial charge in [0.05, 0.1) is 11.4 Å². The Bertz CT molecular complexity index is 1010. The van der Waals surface area contributed by atoms with E-state index in [9.17, 15) is 14.4 Å². The number of hydrogen-bond donors (Lipinski definition) is 1. The highest BCUT2D eigenvalue weighted by Gasteiger charge is 2.35. The Morgan fingerprint density at radius 1 is 1.17 bits per heavy atom. The number of thioether (sulfide) groups is 1. The van der Waals surface area contributed by atoms with E-state index in [0.717, 1.165) is 26.7 Å². The number of hydrogen-bond acceptors (Lipinski definition) is 6. The van der Waals surface area contributed by atoms with Crippen LogP contribution >= 0.6 is 27.7 Å². The van der Waals surface area contributed by atoms with E-state index in [0.29, 0.717) is 17.1 Å². The fourth-order valence-electron chi connectivity index (χ4n) is 2.63. The largest absolute Gasteiger partial charge is 0.492 e. The van der Waals surface area contributed by atoms with E-state index in [1.807, 2.05) is 31.2 Å². The van der Waals surface area contributed by atoms with Crippen LogP contribution in [0.5, 0.6) is 11.5 Å². The van der Waals surface area contributed by atoms with Gasteiger partial charge in [0.25, 0.3) is 11.1 Å². The molecule has 0 radical (unpaired) electrons. The van der Waals surface area contributed by atoms with E-state index in [-0.39, 0.29) is 23.3 Å². The molecule has 0 bridgehead atoms. The molecule has 2 amide bonds. The fraction of sp³-hybridized carbons (Fsp3) is 0.190. The molecule has 1 aliphatic rings. The lowest BCUT2D eigenvalue weighted by molar-refractivity contribution is -0.139. The highest BCUT2D eigenvalue weighted by molar-refractivity contribution is 9.10. The van der Waals surface area contributed by atoms with Crippen molar-refractivity contribution in [1.82, 2.24) is 4.90 Å². The molecule has 1 aliphatic heterocycles.